The molecule has 0 aromatic carbocycles. The topological polar surface area (TPSA) is 9.23 Å². The number of hydrogen-bond acceptors (Lipinski definition) is 1. The predicted octanol–water partition coefficient (Wildman–Crippen LogP) is 4.11. The Morgan fingerprint density at radius 1 is 1.25 bits per heavy atom. The first-order chi connectivity index (χ1) is 7.06. The van der Waals surface area contributed by atoms with Gasteiger partial charge < -0.3 is 4.43 Å². The van der Waals surface area contributed by atoms with Crippen LogP contribution in [0.2, 0.25) is 31.7 Å². The van der Waals surface area contributed by atoms with Crippen LogP contribution < -0.4 is 0 Å². The lowest BCUT2D eigenvalue weighted by molar-refractivity contribution is -0.130. The van der Waals surface area contributed by atoms with Gasteiger partial charge in [-0.3, -0.25) is 0 Å². The van der Waals surface area contributed by atoms with E-state index in [-0.39, 0.29) is 6.10 Å². The van der Waals surface area contributed by atoms with Crippen molar-refractivity contribution in [1.29, 1.82) is 0 Å². The molecule has 1 aliphatic heterocycles. The summed E-state index contributed by atoms with van der Waals surface area (Å²) < 4.78 is 42.9. The summed E-state index contributed by atoms with van der Waals surface area (Å²) >= 11 is 0. The maximum atomic E-state index is 12.3. The molecule has 1 saturated heterocycles. The van der Waals surface area contributed by atoms with Gasteiger partial charge in [0.15, 0.2) is 7.83 Å². The van der Waals surface area contributed by atoms with E-state index < -0.39 is 28.0 Å². The molecule has 1 aliphatic rings. The van der Waals surface area contributed by atoms with Crippen LogP contribution in [0, 0.1) is 0 Å². The van der Waals surface area contributed by atoms with Gasteiger partial charge in [0.1, 0.15) is 0 Å². The first-order valence-corrected chi connectivity index (χ1v) is 12.6. The molecule has 0 bridgehead atoms. The average molecular weight is 270 g/mol. The maximum Gasteiger partial charge on any atom is 0.388 e. The number of hydrogen-bond donors (Lipinski definition) is 0. The minimum atomic E-state index is -4.01. The lowest BCUT2D eigenvalue weighted by Gasteiger charge is -2.47. The van der Waals surface area contributed by atoms with Gasteiger partial charge in [0, 0.05) is 12.5 Å². The average Bonchev–Trinajstić information content (AvgIpc) is 2.07. The Hall–Kier alpha value is 0.184. The van der Waals surface area contributed by atoms with E-state index in [1.54, 1.807) is 0 Å². The van der Waals surface area contributed by atoms with Crippen molar-refractivity contribution in [1.82, 2.24) is 0 Å². The number of alkyl halides is 3. The van der Waals surface area contributed by atoms with Gasteiger partial charge in [0.25, 0.3) is 0 Å². The molecule has 96 valence electrons. The number of rotatable bonds is 2. The van der Waals surface area contributed by atoms with Gasteiger partial charge in [0.05, 0.1) is 7.59 Å². The molecule has 0 saturated carbocycles. The predicted molar refractivity (Wildman–Crippen MR) is 64.6 cm³/mol. The quantitative estimate of drug-likeness (QED) is 0.686. The van der Waals surface area contributed by atoms with Gasteiger partial charge in [-0.25, -0.2) is 0 Å². The second-order valence-electron chi connectivity index (χ2n) is 5.65. The third-order valence-electron chi connectivity index (χ3n) is 4.01. The molecular weight excluding hydrogens is 249 g/mol. The Kier molecular flexibility index (Phi) is 3.97. The Labute approximate surface area is 97.3 Å². The van der Waals surface area contributed by atoms with E-state index in [0.717, 1.165) is 12.5 Å². The highest BCUT2D eigenvalue weighted by Gasteiger charge is 2.51. The van der Waals surface area contributed by atoms with Crippen LogP contribution in [0.5, 0.6) is 0 Å². The fraction of sp³-hybridized carbons (Fsp3) is 1.00. The summed E-state index contributed by atoms with van der Waals surface area (Å²) in [5.74, 6) is 0. The summed E-state index contributed by atoms with van der Waals surface area (Å²) in [6.45, 7) is 8.35. The summed E-state index contributed by atoms with van der Waals surface area (Å²) in [5.41, 5.74) is 0. The van der Waals surface area contributed by atoms with Crippen LogP contribution in [-0.2, 0) is 4.43 Å². The first kappa shape index (κ1) is 14.2. The third-order valence-corrected chi connectivity index (χ3v) is 21.2. The zero-order valence-corrected chi connectivity index (χ0v) is 12.4. The summed E-state index contributed by atoms with van der Waals surface area (Å²) in [5, 5.41) is 0. The van der Waals surface area contributed by atoms with Gasteiger partial charge in [-0.15, -0.1) is 0 Å². The van der Waals surface area contributed by atoms with Crippen LogP contribution in [0.3, 0.4) is 0 Å². The standard InChI is InChI=1S/C10H21F3OSi2/c1-9-5-7-16(4,15(2,3)14-9)8-6-10(11,12)13/h9H,5-8H2,1-4H3. The summed E-state index contributed by atoms with van der Waals surface area (Å²) in [6, 6.07) is 1.35. The molecule has 0 radical (unpaired) electrons. The Morgan fingerprint density at radius 2 is 1.81 bits per heavy atom. The highest BCUT2D eigenvalue weighted by molar-refractivity contribution is 7.38. The van der Waals surface area contributed by atoms with Crippen LogP contribution in [0.15, 0.2) is 0 Å². The molecule has 2 unspecified atom stereocenters. The Bertz CT molecular complexity index is 255. The highest BCUT2D eigenvalue weighted by atomic mass is 29.3. The maximum absolute atomic E-state index is 12.3. The molecule has 0 aromatic rings. The minimum absolute atomic E-state index is 0.244. The van der Waals surface area contributed by atoms with E-state index in [9.17, 15) is 13.2 Å². The summed E-state index contributed by atoms with van der Waals surface area (Å²) in [7, 11) is -3.69. The Morgan fingerprint density at radius 3 is 2.25 bits per heavy atom. The first-order valence-electron chi connectivity index (χ1n) is 5.80. The van der Waals surface area contributed by atoms with Crippen LogP contribution in [0.1, 0.15) is 19.8 Å². The van der Waals surface area contributed by atoms with Gasteiger partial charge in [0.2, 0.25) is 0 Å². The lowest BCUT2D eigenvalue weighted by atomic mass is 10.3. The molecule has 16 heavy (non-hydrogen) atoms. The van der Waals surface area contributed by atoms with Crippen molar-refractivity contribution >= 4 is 15.4 Å². The summed E-state index contributed by atoms with van der Waals surface area (Å²) in [6.07, 6.45) is -3.45. The van der Waals surface area contributed by atoms with Crippen LogP contribution in [0.25, 0.3) is 0 Å². The van der Waals surface area contributed by atoms with Crippen molar-refractivity contribution in [3.05, 3.63) is 0 Å². The molecule has 0 aromatic heterocycles. The van der Waals surface area contributed by atoms with Gasteiger partial charge in [-0.1, -0.05) is 12.6 Å². The molecule has 1 nitrogen and oxygen atoms in total. The molecule has 6 heteroatoms. The van der Waals surface area contributed by atoms with E-state index in [1.807, 2.05) is 6.92 Å². The molecular formula is C10H21F3OSi2. The van der Waals surface area contributed by atoms with Crippen LogP contribution in [0.4, 0.5) is 13.2 Å². The van der Waals surface area contributed by atoms with E-state index in [4.69, 9.17) is 4.43 Å². The lowest BCUT2D eigenvalue weighted by Crippen LogP contribution is -2.63. The molecule has 1 fully saturated rings. The molecule has 0 N–H and O–H groups in total. The second-order valence-corrected chi connectivity index (χ2v) is 20.3. The number of halogens is 3. The minimum Gasteiger partial charge on any atom is -0.417 e. The molecule has 1 rings (SSSR count). The van der Waals surface area contributed by atoms with Crippen molar-refractivity contribution in [2.24, 2.45) is 0 Å². The van der Waals surface area contributed by atoms with Crippen LogP contribution in [-0.4, -0.2) is 27.7 Å². The van der Waals surface area contributed by atoms with Gasteiger partial charge in [-0.2, -0.15) is 13.2 Å². The smallest absolute Gasteiger partial charge is 0.388 e. The van der Waals surface area contributed by atoms with E-state index >= 15 is 0 Å². The Balaban J connectivity index is 2.68. The third kappa shape index (κ3) is 3.34. The molecule has 1 heterocycles. The second kappa shape index (κ2) is 4.46. The molecule has 0 spiro atoms. The monoisotopic (exact) mass is 270 g/mol. The normalized spacial score (nSPS) is 35.1. The van der Waals surface area contributed by atoms with E-state index in [2.05, 4.69) is 19.6 Å². The zero-order chi connectivity index (χ0) is 12.6. The fourth-order valence-corrected chi connectivity index (χ4v) is 13.0. The van der Waals surface area contributed by atoms with E-state index in [1.165, 1.54) is 0 Å². The van der Waals surface area contributed by atoms with Crippen molar-refractivity contribution in [3.63, 3.8) is 0 Å². The van der Waals surface area contributed by atoms with Crippen molar-refractivity contribution < 1.29 is 17.6 Å². The highest BCUT2D eigenvalue weighted by Crippen LogP contribution is 2.39. The van der Waals surface area contributed by atoms with Gasteiger partial charge >= 0.3 is 6.18 Å². The largest absolute Gasteiger partial charge is 0.417 e. The van der Waals surface area contributed by atoms with Crippen LogP contribution >= 0.6 is 0 Å². The fourth-order valence-electron chi connectivity index (χ4n) is 2.37. The van der Waals surface area contributed by atoms with Crippen molar-refractivity contribution in [2.75, 3.05) is 0 Å². The van der Waals surface area contributed by atoms with Crippen molar-refractivity contribution in [3.8, 4) is 0 Å². The van der Waals surface area contributed by atoms with Gasteiger partial charge in [-0.05, 0) is 32.5 Å². The SMILES string of the molecule is CC1CC[Si](C)(CCC(F)(F)F)[Si](C)(C)O1. The van der Waals surface area contributed by atoms with Crippen molar-refractivity contribution in [2.45, 2.75) is 63.8 Å². The summed E-state index contributed by atoms with van der Waals surface area (Å²) in [4.78, 5) is 0. The molecule has 0 amide bonds. The molecule has 0 aliphatic carbocycles. The van der Waals surface area contributed by atoms with E-state index in [0.29, 0.717) is 6.04 Å². The molecule has 2 atom stereocenters. The zero-order valence-electron chi connectivity index (χ0n) is 10.4.